The number of carbonyl (C=O) groups is 2. The Hall–Kier alpha value is -2.43. The van der Waals surface area contributed by atoms with E-state index < -0.39 is 12.0 Å². The molecule has 0 aliphatic heterocycles. The summed E-state index contributed by atoms with van der Waals surface area (Å²) in [5.41, 5.74) is 1.42. The van der Waals surface area contributed by atoms with Crippen molar-refractivity contribution in [2.45, 2.75) is 12.5 Å². The number of nitrogens with one attached hydrogen (secondary N) is 1. The van der Waals surface area contributed by atoms with E-state index >= 15 is 0 Å². The third-order valence-electron chi connectivity index (χ3n) is 2.69. The minimum Gasteiger partial charge on any atom is -0.481 e. The highest BCUT2D eigenvalue weighted by molar-refractivity contribution is 5.83. The zero-order chi connectivity index (χ0) is 13.0. The normalized spacial score (nSPS) is 12.0. The number of hydrogen-bond donors (Lipinski definition) is 2. The van der Waals surface area contributed by atoms with Crippen molar-refractivity contribution >= 4 is 23.3 Å². The van der Waals surface area contributed by atoms with Crippen molar-refractivity contribution < 1.29 is 14.7 Å². The highest BCUT2D eigenvalue weighted by Crippen LogP contribution is 2.24. The van der Waals surface area contributed by atoms with E-state index in [2.05, 4.69) is 10.3 Å². The van der Waals surface area contributed by atoms with E-state index in [0.29, 0.717) is 17.5 Å². The number of aliphatic carboxylic acids is 1. The first-order chi connectivity index (χ1) is 8.72. The number of para-hydroxylation sites is 1. The molecule has 0 radical (unpaired) electrons. The molecular weight excluding hydrogens is 232 g/mol. The predicted octanol–water partition coefficient (Wildman–Crippen LogP) is 1.50. The van der Waals surface area contributed by atoms with Crippen LogP contribution in [0.2, 0.25) is 0 Å². The SMILES string of the molecule is O=CN[C@@H](CC(=O)O)c1cccc2cccnc12. The summed E-state index contributed by atoms with van der Waals surface area (Å²) in [6.07, 6.45) is 1.98. The highest BCUT2D eigenvalue weighted by atomic mass is 16.4. The molecule has 0 aliphatic rings. The predicted molar refractivity (Wildman–Crippen MR) is 65.9 cm³/mol. The van der Waals surface area contributed by atoms with E-state index in [1.165, 1.54) is 0 Å². The second kappa shape index (κ2) is 5.27. The molecule has 1 aromatic heterocycles. The number of nitrogens with zero attached hydrogens (tertiary/aromatic N) is 1. The average molecular weight is 244 g/mol. The molecule has 2 rings (SSSR count). The van der Waals surface area contributed by atoms with Crippen LogP contribution in [0.1, 0.15) is 18.0 Å². The Kier molecular flexibility index (Phi) is 3.52. The summed E-state index contributed by atoms with van der Waals surface area (Å²) in [4.78, 5) is 25.6. The van der Waals surface area contributed by atoms with Gasteiger partial charge in [0.05, 0.1) is 18.0 Å². The van der Waals surface area contributed by atoms with Crippen LogP contribution >= 0.6 is 0 Å². The van der Waals surface area contributed by atoms with Crippen molar-refractivity contribution in [3.05, 3.63) is 42.1 Å². The first-order valence-corrected chi connectivity index (χ1v) is 5.47. The van der Waals surface area contributed by atoms with Gasteiger partial charge >= 0.3 is 5.97 Å². The van der Waals surface area contributed by atoms with Crippen molar-refractivity contribution in [3.63, 3.8) is 0 Å². The lowest BCUT2D eigenvalue weighted by molar-refractivity contribution is -0.137. The van der Waals surface area contributed by atoms with Crippen LogP contribution in [0.4, 0.5) is 0 Å². The summed E-state index contributed by atoms with van der Waals surface area (Å²) in [6.45, 7) is 0. The van der Waals surface area contributed by atoms with Crippen LogP contribution in [0.5, 0.6) is 0 Å². The summed E-state index contributed by atoms with van der Waals surface area (Å²) >= 11 is 0. The minimum atomic E-state index is -0.970. The Morgan fingerprint density at radius 3 is 2.89 bits per heavy atom. The van der Waals surface area contributed by atoms with E-state index in [4.69, 9.17) is 5.11 Å². The molecule has 1 aromatic carbocycles. The monoisotopic (exact) mass is 244 g/mol. The summed E-state index contributed by atoms with van der Waals surface area (Å²) in [5, 5.41) is 12.3. The maximum atomic E-state index is 10.8. The molecule has 5 heteroatoms. The van der Waals surface area contributed by atoms with Gasteiger partial charge in [-0.2, -0.15) is 0 Å². The van der Waals surface area contributed by atoms with Gasteiger partial charge in [-0.15, -0.1) is 0 Å². The van der Waals surface area contributed by atoms with Crippen molar-refractivity contribution in [1.82, 2.24) is 10.3 Å². The van der Waals surface area contributed by atoms with Gasteiger partial charge in [-0.25, -0.2) is 0 Å². The number of aromatic nitrogens is 1. The number of pyridine rings is 1. The molecule has 0 fully saturated rings. The van der Waals surface area contributed by atoms with E-state index in [-0.39, 0.29) is 6.42 Å². The third kappa shape index (κ3) is 2.45. The minimum absolute atomic E-state index is 0.172. The summed E-state index contributed by atoms with van der Waals surface area (Å²) < 4.78 is 0. The lowest BCUT2D eigenvalue weighted by Crippen LogP contribution is -2.22. The number of carboxylic acid groups (broad SMARTS) is 1. The van der Waals surface area contributed by atoms with E-state index in [1.54, 1.807) is 12.3 Å². The first kappa shape index (κ1) is 12.0. The molecule has 5 nitrogen and oxygen atoms in total. The number of rotatable bonds is 5. The van der Waals surface area contributed by atoms with Gasteiger partial charge in [-0.05, 0) is 6.07 Å². The zero-order valence-corrected chi connectivity index (χ0v) is 9.54. The quantitative estimate of drug-likeness (QED) is 0.781. The lowest BCUT2D eigenvalue weighted by atomic mass is 10.0. The van der Waals surface area contributed by atoms with Gasteiger partial charge in [0.15, 0.2) is 0 Å². The van der Waals surface area contributed by atoms with Crippen LogP contribution in [0.15, 0.2) is 36.5 Å². The molecule has 1 heterocycles. The van der Waals surface area contributed by atoms with Gasteiger partial charge in [-0.1, -0.05) is 24.3 Å². The molecule has 2 N–H and O–H groups in total. The standard InChI is InChI=1S/C13H12N2O3/c16-8-15-11(7-12(17)18)10-5-1-3-9-4-2-6-14-13(9)10/h1-6,8,11H,7H2,(H,15,16)(H,17,18)/t11-/m0/s1. The number of carbonyl (C=O) groups excluding carboxylic acids is 1. The van der Waals surface area contributed by atoms with Crippen LogP contribution in [0.3, 0.4) is 0 Å². The molecule has 0 bridgehead atoms. The van der Waals surface area contributed by atoms with Gasteiger partial charge in [0.2, 0.25) is 6.41 Å². The maximum absolute atomic E-state index is 10.8. The molecule has 2 aromatic rings. The Morgan fingerprint density at radius 2 is 2.17 bits per heavy atom. The molecule has 0 saturated heterocycles. The van der Waals surface area contributed by atoms with Crippen molar-refractivity contribution in [2.75, 3.05) is 0 Å². The second-order valence-electron chi connectivity index (χ2n) is 3.86. The molecule has 0 saturated carbocycles. The lowest BCUT2D eigenvalue weighted by Gasteiger charge is -2.15. The fraction of sp³-hybridized carbons (Fsp3) is 0.154. The van der Waals surface area contributed by atoms with Crippen molar-refractivity contribution in [2.24, 2.45) is 0 Å². The smallest absolute Gasteiger partial charge is 0.305 e. The Morgan fingerprint density at radius 1 is 1.39 bits per heavy atom. The van der Waals surface area contributed by atoms with Crippen molar-refractivity contribution in [3.8, 4) is 0 Å². The van der Waals surface area contributed by atoms with E-state index in [0.717, 1.165) is 5.39 Å². The third-order valence-corrected chi connectivity index (χ3v) is 2.69. The Balaban J connectivity index is 2.49. The Bertz CT molecular complexity index is 578. The maximum Gasteiger partial charge on any atom is 0.305 e. The van der Waals surface area contributed by atoms with Crippen LogP contribution < -0.4 is 5.32 Å². The van der Waals surface area contributed by atoms with Gasteiger partial charge in [0, 0.05) is 17.1 Å². The van der Waals surface area contributed by atoms with Crippen LogP contribution in [-0.4, -0.2) is 22.5 Å². The van der Waals surface area contributed by atoms with Crippen LogP contribution in [0.25, 0.3) is 10.9 Å². The summed E-state index contributed by atoms with van der Waals surface area (Å²) in [7, 11) is 0. The number of fused-ring (bicyclic) bond motifs is 1. The number of amides is 1. The summed E-state index contributed by atoms with van der Waals surface area (Å²) in [6, 6.07) is 8.62. The largest absolute Gasteiger partial charge is 0.481 e. The molecular formula is C13H12N2O3. The molecule has 18 heavy (non-hydrogen) atoms. The molecule has 0 unspecified atom stereocenters. The number of carboxylic acids is 1. The topological polar surface area (TPSA) is 79.3 Å². The molecule has 1 atom stereocenters. The van der Waals surface area contributed by atoms with Gasteiger partial charge in [0.25, 0.3) is 0 Å². The Labute approximate surface area is 103 Å². The van der Waals surface area contributed by atoms with Gasteiger partial charge < -0.3 is 10.4 Å². The van der Waals surface area contributed by atoms with Gasteiger partial charge in [0.1, 0.15) is 0 Å². The van der Waals surface area contributed by atoms with Gasteiger partial charge in [-0.3, -0.25) is 14.6 Å². The average Bonchev–Trinajstić information content (AvgIpc) is 2.37. The number of hydrogen-bond acceptors (Lipinski definition) is 3. The molecule has 1 amide bonds. The van der Waals surface area contributed by atoms with Crippen molar-refractivity contribution in [1.29, 1.82) is 0 Å². The van der Waals surface area contributed by atoms with Crippen LogP contribution in [0, 0.1) is 0 Å². The molecule has 0 aliphatic carbocycles. The fourth-order valence-corrected chi connectivity index (χ4v) is 1.92. The molecule has 0 spiro atoms. The fourth-order valence-electron chi connectivity index (χ4n) is 1.92. The van der Waals surface area contributed by atoms with E-state index in [9.17, 15) is 9.59 Å². The summed E-state index contributed by atoms with van der Waals surface area (Å²) in [5.74, 6) is -0.970. The zero-order valence-electron chi connectivity index (χ0n) is 9.54. The highest BCUT2D eigenvalue weighted by Gasteiger charge is 2.17. The first-order valence-electron chi connectivity index (χ1n) is 5.47. The van der Waals surface area contributed by atoms with Crippen LogP contribution in [-0.2, 0) is 9.59 Å². The number of benzene rings is 1. The molecule has 92 valence electrons. The van der Waals surface area contributed by atoms with E-state index in [1.807, 2.05) is 24.3 Å². The second-order valence-corrected chi connectivity index (χ2v) is 3.86.